The first-order chi connectivity index (χ1) is 6.34. The summed E-state index contributed by atoms with van der Waals surface area (Å²) in [5, 5.41) is 0. The van der Waals surface area contributed by atoms with Gasteiger partial charge in [0.25, 0.3) is 5.91 Å². The van der Waals surface area contributed by atoms with E-state index in [-0.39, 0.29) is 5.56 Å². The number of primary amides is 1. The van der Waals surface area contributed by atoms with Gasteiger partial charge in [-0.3, -0.25) is 9.78 Å². The number of amides is 1. The molecule has 0 saturated carbocycles. The van der Waals surface area contributed by atoms with E-state index < -0.39 is 23.3 Å². The van der Waals surface area contributed by atoms with Crippen LogP contribution in [-0.4, -0.2) is 10.9 Å². The van der Waals surface area contributed by atoms with Gasteiger partial charge in [0.2, 0.25) is 0 Å². The number of carbonyl (C=O) groups is 1. The van der Waals surface area contributed by atoms with Gasteiger partial charge in [0.15, 0.2) is 5.69 Å². The third-order valence-electron chi connectivity index (χ3n) is 1.67. The summed E-state index contributed by atoms with van der Waals surface area (Å²) in [5.74, 6) is -1.12. The van der Waals surface area contributed by atoms with Crippen molar-refractivity contribution in [2.75, 3.05) is 0 Å². The molecule has 0 atom stereocenters. The fourth-order valence-electron chi connectivity index (χ4n) is 1.08. The van der Waals surface area contributed by atoms with Crippen molar-refractivity contribution >= 4 is 5.91 Å². The van der Waals surface area contributed by atoms with Crippen LogP contribution in [0.3, 0.4) is 0 Å². The molecule has 1 aromatic heterocycles. The molecule has 14 heavy (non-hydrogen) atoms. The molecule has 0 radical (unpaired) electrons. The molecule has 1 aromatic rings. The van der Waals surface area contributed by atoms with Gasteiger partial charge in [-0.1, -0.05) is 0 Å². The van der Waals surface area contributed by atoms with Crippen LogP contribution in [0.4, 0.5) is 13.2 Å². The highest BCUT2D eigenvalue weighted by molar-refractivity contribution is 5.95. The van der Waals surface area contributed by atoms with Crippen molar-refractivity contribution in [3.63, 3.8) is 0 Å². The zero-order valence-corrected chi connectivity index (χ0v) is 7.22. The zero-order valence-electron chi connectivity index (χ0n) is 7.22. The molecule has 0 aliphatic carbocycles. The van der Waals surface area contributed by atoms with E-state index >= 15 is 0 Å². The van der Waals surface area contributed by atoms with Crippen LogP contribution in [0, 0.1) is 6.92 Å². The Balaban J connectivity index is 3.44. The predicted octanol–water partition coefficient (Wildman–Crippen LogP) is 1.51. The van der Waals surface area contributed by atoms with Gasteiger partial charge in [0.05, 0.1) is 5.56 Å². The first-order valence-corrected chi connectivity index (χ1v) is 3.66. The second-order valence-corrected chi connectivity index (χ2v) is 2.71. The van der Waals surface area contributed by atoms with Crippen molar-refractivity contribution < 1.29 is 18.0 Å². The maximum atomic E-state index is 12.3. The fraction of sp³-hybridized carbons (Fsp3) is 0.250. The Labute approximate surface area is 77.7 Å². The van der Waals surface area contributed by atoms with Gasteiger partial charge < -0.3 is 5.73 Å². The number of carbonyl (C=O) groups excluding carboxylic acids is 1. The van der Waals surface area contributed by atoms with E-state index in [4.69, 9.17) is 5.73 Å². The smallest absolute Gasteiger partial charge is 0.366 e. The Morgan fingerprint density at radius 1 is 1.50 bits per heavy atom. The Morgan fingerprint density at radius 3 is 2.43 bits per heavy atom. The number of aryl methyl sites for hydroxylation is 1. The Hall–Kier alpha value is -1.59. The lowest BCUT2D eigenvalue weighted by Crippen LogP contribution is -2.21. The number of hydrogen-bond acceptors (Lipinski definition) is 2. The van der Waals surface area contributed by atoms with Crippen LogP contribution in [0.25, 0.3) is 0 Å². The highest BCUT2D eigenvalue weighted by Crippen LogP contribution is 2.30. The lowest BCUT2D eigenvalue weighted by Gasteiger charge is -2.10. The number of aromatic nitrogens is 1. The van der Waals surface area contributed by atoms with Crippen molar-refractivity contribution in [2.24, 2.45) is 5.73 Å². The molecular formula is C8H7F3N2O. The molecule has 0 saturated heterocycles. The normalized spacial score (nSPS) is 11.4. The second kappa shape index (κ2) is 3.28. The largest absolute Gasteiger partial charge is 0.434 e. The Morgan fingerprint density at radius 2 is 2.07 bits per heavy atom. The third-order valence-corrected chi connectivity index (χ3v) is 1.67. The summed E-state index contributed by atoms with van der Waals surface area (Å²) in [5.41, 5.74) is 3.20. The van der Waals surface area contributed by atoms with Gasteiger partial charge >= 0.3 is 6.18 Å². The molecule has 0 spiro atoms. The number of hydrogen-bond donors (Lipinski definition) is 1. The van der Waals surface area contributed by atoms with Crippen LogP contribution in [0.5, 0.6) is 0 Å². The lowest BCUT2D eigenvalue weighted by atomic mass is 10.1. The molecule has 0 unspecified atom stereocenters. The minimum atomic E-state index is -4.66. The molecule has 0 bridgehead atoms. The van der Waals surface area contributed by atoms with E-state index in [2.05, 4.69) is 4.98 Å². The van der Waals surface area contributed by atoms with Crippen LogP contribution in [0.1, 0.15) is 21.6 Å². The predicted molar refractivity (Wildman–Crippen MR) is 42.5 cm³/mol. The third kappa shape index (κ3) is 1.84. The summed E-state index contributed by atoms with van der Waals surface area (Å²) in [6, 6.07) is 1.30. The summed E-state index contributed by atoms with van der Waals surface area (Å²) in [4.78, 5) is 13.9. The van der Waals surface area contributed by atoms with Crippen molar-refractivity contribution in [1.82, 2.24) is 4.98 Å². The van der Waals surface area contributed by atoms with Crippen LogP contribution < -0.4 is 5.73 Å². The molecule has 76 valence electrons. The molecule has 1 heterocycles. The van der Waals surface area contributed by atoms with Crippen LogP contribution in [-0.2, 0) is 6.18 Å². The quantitative estimate of drug-likeness (QED) is 0.753. The molecule has 1 amide bonds. The van der Waals surface area contributed by atoms with E-state index in [1.54, 1.807) is 0 Å². The number of alkyl halides is 3. The maximum Gasteiger partial charge on any atom is 0.434 e. The molecule has 0 fully saturated rings. The minimum Gasteiger partial charge on any atom is -0.366 e. The summed E-state index contributed by atoms with van der Waals surface area (Å²) in [6.07, 6.45) is -3.67. The van der Waals surface area contributed by atoms with Gasteiger partial charge in [0.1, 0.15) is 0 Å². The number of halogens is 3. The number of nitrogens with zero attached hydrogens (tertiary/aromatic N) is 1. The van der Waals surface area contributed by atoms with Gasteiger partial charge in [-0.25, -0.2) is 0 Å². The topological polar surface area (TPSA) is 56.0 Å². The first-order valence-electron chi connectivity index (χ1n) is 3.66. The van der Waals surface area contributed by atoms with E-state index in [1.807, 2.05) is 0 Å². The standard InChI is InChI=1S/C8H7F3N2O/c1-4-2-3-13-6(8(9,10)11)5(4)7(12)14/h2-3H,1H3,(H2,12,14). The summed E-state index contributed by atoms with van der Waals surface area (Å²) >= 11 is 0. The molecule has 2 N–H and O–H groups in total. The van der Waals surface area contributed by atoms with Crippen molar-refractivity contribution in [2.45, 2.75) is 13.1 Å². The fourth-order valence-corrected chi connectivity index (χ4v) is 1.08. The van der Waals surface area contributed by atoms with Gasteiger partial charge in [-0.2, -0.15) is 13.2 Å². The minimum absolute atomic E-state index is 0.167. The summed E-state index contributed by atoms with van der Waals surface area (Å²) in [7, 11) is 0. The van der Waals surface area contributed by atoms with Gasteiger partial charge in [-0.05, 0) is 18.6 Å². The summed E-state index contributed by atoms with van der Waals surface area (Å²) in [6.45, 7) is 1.37. The Kier molecular flexibility index (Phi) is 2.46. The number of rotatable bonds is 1. The van der Waals surface area contributed by atoms with E-state index in [1.165, 1.54) is 13.0 Å². The molecule has 0 aliphatic heterocycles. The van der Waals surface area contributed by atoms with Crippen LogP contribution in [0.15, 0.2) is 12.3 Å². The monoisotopic (exact) mass is 204 g/mol. The number of pyridine rings is 1. The highest BCUT2D eigenvalue weighted by Gasteiger charge is 2.37. The molecule has 1 rings (SSSR count). The van der Waals surface area contributed by atoms with E-state index in [0.29, 0.717) is 0 Å². The molecule has 0 aromatic carbocycles. The SMILES string of the molecule is Cc1ccnc(C(F)(F)F)c1C(N)=O. The highest BCUT2D eigenvalue weighted by atomic mass is 19.4. The second-order valence-electron chi connectivity index (χ2n) is 2.71. The van der Waals surface area contributed by atoms with Crippen molar-refractivity contribution in [1.29, 1.82) is 0 Å². The summed E-state index contributed by atoms with van der Waals surface area (Å²) < 4.78 is 37.0. The van der Waals surface area contributed by atoms with E-state index in [0.717, 1.165) is 6.20 Å². The molecule has 3 nitrogen and oxygen atoms in total. The molecule has 6 heteroatoms. The van der Waals surface area contributed by atoms with Gasteiger partial charge in [0, 0.05) is 6.20 Å². The maximum absolute atomic E-state index is 12.3. The Bertz CT molecular complexity index is 373. The van der Waals surface area contributed by atoms with Crippen molar-refractivity contribution in [3.8, 4) is 0 Å². The van der Waals surface area contributed by atoms with Gasteiger partial charge in [-0.15, -0.1) is 0 Å². The van der Waals surface area contributed by atoms with E-state index in [9.17, 15) is 18.0 Å². The average molecular weight is 204 g/mol. The average Bonchev–Trinajstić information content (AvgIpc) is 2.01. The van der Waals surface area contributed by atoms with Crippen molar-refractivity contribution in [3.05, 3.63) is 29.1 Å². The number of nitrogens with two attached hydrogens (primary N) is 1. The lowest BCUT2D eigenvalue weighted by molar-refractivity contribution is -0.141. The van der Waals surface area contributed by atoms with Crippen LogP contribution >= 0.6 is 0 Å². The molecule has 0 aliphatic rings. The molecular weight excluding hydrogens is 197 g/mol. The zero-order chi connectivity index (χ0) is 10.9. The first kappa shape index (κ1) is 10.5. The van der Waals surface area contributed by atoms with Crippen LogP contribution in [0.2, 0.25) is 0 Å².